The van der Waals surface area contributed by atoms with E-state index in [-0.39, 0.29) is 5.82 Å². The summed E-state index contributed by atoms with van der Waals surface area (Å²) in [5, 5.41) is 6.04. The van der Waals surface area contributed by atoms with Crippen molar-refractivity contribution in [2.75, 3.05) is 17.7 Å². The Hall–Kier alpha value is -3.55. The molecule has 4 aromatic rings. The molecule has 1 aromatic carbocycles. The number of aromatic nitrogens is 5. The van der Waals surface area contributed by atoms with Gasteiger partial charge in [-0.2, -0.15) is 0 Å². The van der Waals surface area contributed by atoms with Crippen LogP contribution in [0.25, 0.3) is 22.4 Å². The van der Waals surface area contributed by atoms with Crippen LogP contribution in [0.15, 0.2) is 49.2 Å². The van der Waals surface area contributed by atoms with Crippen molar-refractivity contribution in [3.05, 3.63) is 55.0 Å². The highest BCUT2D eigenvalue weighted by Gasteiger charge is 2.14. The molecule has 0 spiro atoms. The first-order valence-corrected chi connectivity index (χ1v) is 7.60. The third-order valence-electron chi connectivity index (χ3n) is 3.79. The molecule has 4 rings (SSSR count). The maximum absolute atomic E-state index is 14.2. The summed E-state index contributed by atoms with van der Waals surface area (Å²) in [5.74, 6) is 0.120. The van der Waals surface area contributed by atoms with E-state index in [9.17, 15) is 4.39 Å². The van der Waals surface area contributed by atoms with E-state index in [1.54, 1.807) is 37.8 Å². The summed E-state index contributed by atoms with van der Waals surface area (Å²) in [6, 6.07) is 8.40. The summed E-state index contributed by atoms with van der Waals surface area (Å²) >= 11 is 0. The fourth-order valence-electron chi connectivity index (χ4n) is 2.57. The molecule has 0 bridgehead atoms. The average molecular weight is 335 g/mol. The van der Waals surface area contributed by atoms with Gasteiger partial charge in [0.2, 0.25) is 0 Å². The molecule has 124 valence electrons. The van der Waals surface area contributed by atoms with Gasteiger partial charge in [0.1, 0.15) is 29.2 Å². The number of pyridine rings is 1. The predicted molar refractivity (Wildman–Crippen MR) is 94.1 cm³/mol. The maximum atomic E-state index is 14.2. The fourth-order valence-corrected chi connectivity index (χ4v) is 2.57. The van der Waals surface area contributed by atoms with Crippen LogP contribution < -0.4 is 10.6 Å². The van der Waals surface area contributed by atoms with Crippen molar-refractivity contribution < 1.29 is 4.39 Å². The van der Waals surface area contributed by atoms with Gasteiger partial charge in [-0.25, -0.2) is 24.3 Å². The van der Waals surface area contributed by atoms with Crippen molar-refractivity contribution in [2.24, 2.45) is 0 Å². The average Bonchev–Trinajstić information content (AvgIpc) is 3.13. The second-order valence-corrected chi connectivity index (χ2v) is 5.29. The molecule has 7 nitrogen and oxygen atoms in total. The highest BCUT2D eigenvalue weighted by atomic mass is 19.1. The summed E-state index contributed by atoms with van der Waals surface area (Å²) in [7, 11) is 1.78. The number of H-pyrrole nitrogens is 1. The molecule has 8 heteroatoms. The van der Waals surface area contributed by atoms with Crippen LogP contribution in [0.5, 0.6) is 0 Å². The lowest BCUT2D eigenvalue weighted by Crippen LogP contribution is -2.01. The highest BCUT2D eigenvalue weighted by molar-refractivity contribution is 5.91. The fraction of sp³-hybridized carbons (Fsp3) is 0.0588. The molecule has 25 heavy (non-hydrogen) atoms. The van der Waals surface area contributed by atoms with Gasteiger partial charge < -0.3 is 15.6 Å². The highest BCUT2D eigenvalue weighted by Crippen LogP contribution is 2.31. The quantitative estimate of drug-likeness (QED) is 0.530. The van der Waals surface area contributed by atoms with Crippen molar-refractivity contribution in [3.8, 4) is 11.3 Å². The summed E-state index contributed by atoms with van der Waals surface area (Å²) in [5.41, 5.74) is 3.73. The molecule has 0 atom stereocenters. The number of fused-ring (bicyclic) bond motifs is 1. The Morgan fingerprint density at radius 1 is 1.08 bits per heavy atom. The summed E-state index contributed by atoms with van der Waals surface area (Å²) in [6.07, 6.45) is 4.64. The first-order chi connectivity index (χ1) is 12.3. The van der Waals surface area contributed by atoms with Gasteiger partial charge in [-0.1, -0.05) is 0 Å². The van der Waals surface area contributed by atoms with Crippen LogP contribution in [-0.2, 0) is 0 Å². The third-order valence-corrected chi connectivity index (χ3v) is 3.79. The lowest BCUT2D eigenvalue weighted by Gasteiger charge is -2.12. The number of hydrogen-bond acceptors (Lipinski definition) is 6. The van der Waals surface area contributed by atoms with Crippen molar-refractivity contribution in [3.63, 3.8) is 0 Å². The van der Waals surface area contributed by atoms with Gasteiger partial charge in [-0.3, -0.25) is 0 Å². The Kier molecular flexibility index (Phi) is 3.70. The first-order valence-electron chi connectivity index (χ1n) is 7.60. The van der Waals surface area contributed by atoms with Crippen LogP contribution >= 0.6 is 0 Å². The van der Waals surface area contributed by atoms with Crippen LogP contribution in [0.2, 0.25) is 0 Å². The molecule has 0 saturated carbocycles. The number of anilines is 3. The topological polar surface area (TPSA) is 91.4 Å². The van der Waals surface area contributed by atoms with Gasteiger partial charge in [-0.05, 0) is 30.3 Å². The SMILES string of the molecule is CNc1ccc(F)c(Nc2ncccc2-c2ncnc3nc[nH]c23)c1. The molecular formula is C17H14FN7. The lowest BCUT2D eigenvalue weighted by molar-refractivity contribution is 0.632. The summed E-state index contributed by atoms with van der Waals surface area (Å²) < 4.78 is 14.2. The smallest absolute Gasteiger partial charge is 0.181 e. The van der Waals surface area contributed by atoms with Gasteiger partial charge >= 0.3 is 0 Å². The second-order valence-electron chi connectivity index (χ2n) is 5.29. The van der Waals surface area contributed by atoms with E-state index in [1.165, 1.54) is 12.4 Å². The van der Waals surface area contributed by atoms with E-state index in [2.05, 4.69) is 35.6 Å². The molecule has 3 heterocycles. The molecule has 0 aliphatic carbocycles. The molecule has 0 radical (unpaired) electrons. The van der Waals surface area contributed by atoms with E-state index < -0.39 is 0 Å². The van der Waals surface area contributed by atoms with E-state index in [1.807, 2.05) is 6.07 Å². The number of hydrogen-bond donors (Lipinski definition) is 3. The van der Waals surface area contributed by atoms with Crippen molar-refractivity contribution in [1.82, 2.24) is 24.9 Å². The first kappa shape index (κ1) is 15.0. The molecule has 3 aromatic heterocycles. The van der Waals surface area contributed by atoms with Gasteiger partial charge in [0, 0.05) is 24.5 Å². The molecule has 3 N–H and O–H groups in total. The molecule has 0 fully saturated rings. The number of nitrogens with one attached hydrogen (secondary N) is 3. The van der Waals surface area contributed by atoms with Crippen molar-refractivity contribution >= 4 is 28.4 Å². The van der Waals surface area contributed by atoms with Gasteiger partial charge in [0.05, 0.1) is 12.0 Å². The van der Waals surface area contributed by atoms with Gasteiger partial charge in [-0.15, -0.1) is 0 Å². The molecule has 0 saturated heterocycles. The van der Waals surface area contributed by atoms with Crippen LogP contribution in [0.3, 0.4) is 0 Å². The normalized spacial score (nSPS) is 10.8. The van der Waals surface area contributed by atoms with Crippen molar-refractivity contribution in [1.29, 1.82) is 0 Å². The number of imidazole rings is 1. The molecule has 0 aliphatic heterocycles. The van der Waals surface area contributed by atoms with E-state index in [4.69, 9.17) is 0 Å². The van der Waals surface area contributed by atoms with Crippen molar-refractivity contribution in [2.45, 2.75) is 0 Å². The van der Waals surface area contributed by atoms with Crippen LogP contribution in [0, 0.1) is 5.82 Å². The molecule has 0 unspecified atom stereocenters. The van der Waals surface area contributed by atoms with Gasteiger partial charge in [0.15, 0.2) is 5.65 Å². The minimum atomic E-state index is -0.370. The molecule has 0 aliphatic rings. The second kappa shape index (κ2) is 6.16. The van der Waals surface area contributed by atoms with Crippen LogP contribution in [-0.4, -0.2) is 32.0 Å². The van der Waals surface area contributed by atoms with E-state index in [0.717, 1.165) is 5.69 Å². The Labute approximate surface area is 142 Å². The maximum Gasteiger partial charge on any atom is 0.181 e. The lowest BCUT2D eigenvalue weighted by atomic mass is 10.1. The molecule has 0 amide bonds. The number of halogens is 1. The predicted octanol–water partition coefficient (Wildman–Crippen LogP) is 3.34. The Morgan fingerprint density at radius 2 is 2.00 bits per heavy atom. The standard InChI is InChI=1S/C17H14FN7/c1-19-10-4-5-12(18)13(7-10)25-16-11(3-2-6-20-16)14-15-17(23-8-21-14)24-9-22-15/h2-9,19H,1H3,(H,20,25)(H,21,22,23,24). The van der Waals surface area contributed by atoms with Crippen LogP contribution in [0.4, 0.5) is 21.6 Å². The Morgan fingerprint density at radius 3 is 2.88 bits per heavy atom. The van der Waals surface area contributed by atoms with Crippen LogP contribution in [0.1, 0.15) is 0 Å². The summed E-state index contributed by atoms with van der Waals surface area (Å²) in [4.78, 5) is 20.0. The zero-order valence-corrected chi connectivity index (χ0v) is 13.3. The zero-order valence-electron chi connectivity index (χ0n) is 13.3. The largest absolute Gasteiger partial charge is 0.388 e. The molecular weight excluding hydrogens is 321 g/mol. The number of aromatic amines is 1. The zero-order chi connectivity index (χ0) is 17.2. The minimum Gasteiger partial charge on any atom is -0.388 e. The third kappa shape index (κ3) is 2.74. The monoisotopic (exact) mass is 335 g/mol. The van der Waals surface area contributed by atoms with Gasteiger partial charge in [0.25, 0.3) is 0 Å². The number of benzene rings is 1. The van der Waals surface area contributed by atoms with E-state index >= 15 is 0 Å². The number of nitrogens with zero attached hydrogens (tertiary/aromatic N) is 4. The van der Waals surface area contributed by atoms with E-state index in [0.29, 0.717) is 33.9 Å². The minimum absolute atomic E-state index is 0.321. The number of rotatable bonds is 4. The Balaban J connectivity index is 1.82. The summed E-state index contributed by atoms with van der Waals surface area (Å²) in [6.45, 7) is 0. The Bertz CT molecular complexity index is 1040.